The Hall–Kier alpha value is -0.970. The van der Waals surface area contributed by atoms with Gasteiger partial charge in [0, 0.05) is 6.54 Å². The molecule has 1 fully saturated rings. The third-order valence-corrected chi connectivity index (χ3v) is 2.34. The molecule has 0 bridgehead atoms. The second kappa shape index (κ2) is 3.62. The molecule has 5 nitrogen and oxygen atoms in total. The van der Waals surface area contributed by atoms with Gasteiger partial charge in [-0.2, -0.15) is 0 Å². The highest BCUT2D eigenvalue weighted by Gasteiger charge is 2.27. The average molecular weight is 173 g/mol. The number of hydrogen-bond donors (Lipinski definition) is 3. The summed E-state index contributed by atoms with van der Waals surface area (Å²) in [6, 6.07) is -0.0605. The summed E-state index contributed by atoms with van der Waals surface area (Å²) in [6.45, 7) is 2.61. The van der Waals surface area contributed by atoms with E-state index in [9.17, 15) is 5.11 Å². The monoisotopic (exact) mass is 173 g/mol. The molecule has 1 aliphatic heterocycles. The number of hydrogen-bond acceptors (Lipinski definition) is 3. The van der Waals surface area contributed by atoms with Crippen molar-refractivity contribution in [3.63, 3.8) is 0 Å². The summed E-state index contributed by atoms with van der Waals surface area (Å²) in [4.78, 5) is 1.70. The maximum absolute atomic E-state index is 9.46. The lowest BCUT2D eigenvalue weighted by molar-refractivity contribution is 0.0530. The quantitative estimate of drug-likeness (QED) is 0.200. The van der Waals surface area contributed by atoms with Crippen molar-refractivity contribution in [3.05, 3.63) is 0 Å². The van der Waals surface area contributed by atoms with Gasteiger partial charge in [0.2, 0.25) is 5.96 Å². The van der Waals surface area contributed by atoms with E-state index in [1.54, 1.807) is 4.90 Å². The Labute approximate surface area is 71.5 Å². The van der Waals surface area contributed by atoms with E-state index < -0.39 is 0 Å². The zero-order valence-corrected chi connectivity index (χ0v) is 7.14. The fourth-order valence-electron chi connectivity index (χ4n) is 1.50. The van der Waals surface area contributed by atoms with Gasteiger partial charge in [0.1, 0.15) is 0 Å². The van der Waals surface area contributed by atoms with E-state index in [0.29, 0.717) is 0 Å². The van der Waals surface area contributed by atoms with E-state index in [-0.39, 0.29) is 18.1 Å². The van der Waals surface area contributed by atoms with E-state index in [1.807, 2.05) is 6.92 Å². The second-order valence-corrected chi connectivity index (χ2v) is 3.10. The van der Waals surface area contributed by atoms with Gasteiger partial charge in [-0.25, -0.2) is 0 Å². The van der Waals surface area contributed by atoms with E-state index in [4.69, 9.17) is 10.9 Å². The number of piperidine rings is 1. The molecule has 0 aromatic rings. The van der Waals surface area contributed by atoms with Gasteiger partial charge in [0.15, 0.2) is 0 Å². The Morgan fingerprint density at radius 3 is 2.92 bits per heavy atom. The minimum atomic E-state index is -0.376. The van der Waals surface area contributed by atoms with Crippen LogP contribution in [0.4, 0.5) is 0 Å². The summed E-state index contributed by atoms with van der Waals surface area (Å²) < 4.78 is 0. The molecular formula is C7H15N3O2. The minimum absolute atomic E-state index is 0.0605. The van der Waals surface area contributed by atoms with Gasteiger partial charge in [0.05, 0.1) is 12.1 Å². The fraction of sp³-hybridized carbons (Fsp3) is 0.857. The van der Waals surface area contributed by atoms with Gasteiger partial charge in [0.25, 0.3) is 0 Å². The molecule has 2 atom stereocenters. The van der Waals surface area contributed by atoms with Gasteiger partial charge in [-0.1, -0.05) is 5.16 Å². The standard InChI is InChI=1S/C7H15N3O2/c1-5-6(11)3-2-4-10(5)7(8)9-12/h5-6,11-12H,2-4H2,1H3,(H2,8,9). The highest BCUT2D eigenvalue weighted by atomic mass is 16.4. The molecule has 12 heavy (non-hydrogen) atoms. The molecule has 2 unspecified atom stereocenters. The summed E-state index contributed by atoms with van der Waals surface area (Å²) in [6.07, 6.45) is 1.29. The van der Waals surface area contributed by atoms with Crippen LogP contribution >= 0.6 is 0 Å². The van der Waals surface area contributed by atoms with Crippen molar-refractivity contribution in [3.8, 4) is 0 Å². The molecule has 70 valence electrons. The van der Waals surface area contributed by atoms with Crippen LogP contribution < -0.4 is 5.73 Å². The molecule has 0 aromatic carbocycles. The Morgan fingerprint density at radius 1 is 1.67 bits per heavy atom. The van der Waals surface area contributed by atoms with Crippen LogP contribution in [0.5, 0.6) is 0 Å². The highest BCUT2D eigenvalue weighted by Crippen LogP contribution is 2.16. The zero-order chi connectivity index (χ0) is 9.14. The van der Waals surface area contributed by atoms with Crippen molar-refractivity contribution in [2.45, 2.75) is 31.9 Å². The summed E-state index contributed by atoms with van der Waals surface area (Å²) in [5, 5.41) is 20.8. The summed E-state index contributed by atoms with van der Waals surface area (Å²) in [5.74, 6) is 0.0845. The third kappa shape index (κ3) is 1.61. The fourth-order valence-corrected chi connectivity index (χ4v) is 1.50. The van der Waals surface area contributed by atoms with Gasteiger partial charge in [-0.15, -0.1) is 0 Å². The zero-order valence-electron chi connectivity index (χ0n) is 7.14. The number of nitrogens with two attached hydrogens (primary N) is 1. The van der Waals surface area contributed by atoms with Crippen molar-refractivity contribution in [1.82, 2.24) is 4.90 Å². The van der Waals surface area contributed by atoms with Crippen molar-refractivity contribution in [2.75, 3.05) is 6.54 Å². The average Bonchev–Trinajstić information content (AvgIpc) is 2.08. The maximum Gasteiger partial charge on any atom is 0.233 e. The van der Waals surface area contributed by atoms with E-state index in [1.165, 1.54) is 0 Å². The SMILES string of the molecule is CC1C(O)CCCN1/C(N)=N/O. The van der Waals surface area contributed by atoms with Crippen molar-refractivity contribution in [2.24, 2.45) is 10.9 Å². The Bertz CT molecular complexity index is 183. The first kappa shape index (κ1) is 9.12. The molecule has 1 aliphatic rings. The Morgan fingerprint density at radius 2 is 2.33 bits per heavy atom. The topological polar surface area (TPSA) is 82.1 Å². The first-order valence-electron chi connectivity index (χ1n) is 4.09. The van der Waals surface area contributed by atoms with Gasteiger partial charge < -0.3 is 20.9 Å². The van der Waals surface area contributed by atoms with Gasteiger partial charge in [-0.05, 0) is 19.8 Å². The van der Waals surface area contributed by atoms with Crippen LogP contribution in [0.2, 0.25) is 0 Å². The third-order valence-electron chi connectivity index (χ3n) is 2.34. The van der Waals surface area contributed by atoms with E-state index >= 15 is 0 Å². The molecule has 1 heterocycles. The molecule has 0 aliphatic carbocycles. The smallest absolute Gasteiger partial charge is 0.233 e. The van der Waals surface area contributed by atoms with E-state index in [0.717, 1.165) is 19.4 Å². The highest BCUT2D eigenvalue weighted by molar-refractivity contribution is 5.77. The largest absolute Gasteiger partial charge is 0.408 e. The molecule has 0 saturated carbocycles. The normalized spacial score (nSPS) is 32.2. The van der Waals surface area contributed by atoms with Crippen LogP contribution in [0.3, 0.4) is 0 Å². The maximum atomic E-state index is 9.46. The molecule has 1 rings (SSSR count). The predicted molar refractivity (Wildman–Crippen MR) is 44.8 cm³/mol. The van der Waals surface area contributed by atoms with Crippen LogP contribution in [0, 0.1) is 0 Å². The lowest BCUT2D eigenvalue weighted by Gasteiger charge is -2.36. The number of likely N-dealkylation sites (tertiary alicyclic amines) is 1. The molecule has 0 spiro atoms. The number of rotatable bonds is 0. The van der Waals surface area contributed by atoms with Gasteiger partial charge in [-0.3, -0.25) is 0 Å². The van der Waals surface area contributed by atoms with E-state index in [2.05, 4.69) is 5.16 Å². The molecule has 0 amide bonds. The Kier molecular flexibility index (Phi) is 2.75. The van der Waals surface area contributed by atoms with Crippen LogP contribution in [0.1, 0.15) is 19.8 Å². The number of oxime groups is 1. The van der Waals surface area contributed by atoms with Crippen LogP contribution in [0.25, 0.3) is 0 Å². The van der Waals surface area contributed by atoms with Crippen molar-refractivity contribution >= 4 is 5.96 Å². The molecular weight excluding hydrogens is 158 g/mol. The van der Waals surface area contributed by atoms with Crippen molar-refractivity contribution in [1.29, 1.82) is 0 Å². The lowest BCUT2D eigenvalue weighted by Crippen LogP contribution is -2.52. The predicted octanol–water partition coefficient (Wildman–Crippen LogP) is -0.465. The molecule has 0 aromatic heterocycles. The summed E-state index contributed by atoms with van der Waals surface area (Å²) >= 11 is 0. The molecule has 4 N–H and O–H groups in total. The molecule has 5 heteroatoms. The first-order chi connectivity index (χ1) is 5.66. The second-order valence-electron chi connectivity index (χ2n) is 3.10. The van der Waals surface area contributed by atoms with Crippen LogP contribution in [-0.2, 0) is 0 Å². The summed E-state index contributed by atoms with van der Waals surface area (Å²) in [5.41, 5.74) is 5.42. The van der Waals surface area contributed by atoms with Gasteiger partial charge >= 0.3 is 0 Å². The van der Waals surface area contributed by atoms with Crippen LogP contribution in [-0.4, -0.2) is 39.9 Å². The summed E-state index contributed by atoms with van der Waals surface area (Å²) in [7, 11) is 0. The lowest BCUT2D eigenvalue weighted by atomic mass is 10.0. The Balaban J connectivity index is 2.64. The number of nitrogens with zero attached hydrogens (tertiary/aromatic N) is 2. The van der Waals surface area contributed by atoms with Crippen LogP contribution in [0.15, 0.2) is 5.16 Å². The number of aliphatic hydroxyl groups excluding tert-OH is 1. The molecule has 1 saturated heterocycles. The van der Waals surface area contributed by atoms with Crippen molar-refractivity contribution < 1.29 is 10.3 Å². The molecule has 0 radical (unpaired) electrons. The number of aliphatic hydroxyl groups is 1. The first-order valence-corrected chi connectivity index (χ1v) is 4.09. The number of guanidine groups is 1. The minimum Gasteiger partial charge on any atom is -0.408 e.